The minimum Gasteiger partial charge on any atom is -0.437 e. The lowest BCUT2D eigenvalue weighted by molar-refractivity contribution is -0.634. The number of aryl methyl sites for hydroxylation is 12. The fourth-order valence-electron chi connectivity index (χ4n) is 17.0. The zero-order valence-corrected chi connectivity index (χ0v) is 66.0. The molecular formula is C94H92N12O4+4. The van der Waals surface area contributed by atoms with Crippen molar-refractivity contribution < 1.29 is 35.9 Å². The summed E-state index contributed by atoms with van der Waals surface area (Å²) < 4.78 is 43.5. The third-order valence-corrected chi connectivity index (χ3v) is 22.4. The Morgan fingerprint density at radius 2 is 0.682 bits per heavy atom. The van der Waals surface area contributed by atoms with Crippen LogP contribution < -0.4 is 18.3 Å². The molecule has 20 aromatic rings. The van der Waals surface area contributed by atoms with Crippen molar-refractivity contribution >= 4 is 132 Å². The molecule has 0 spiro atoms. The second kappa shape index (κ2) is 27.3. The molecule has 16 nitrogen and oxygen atoms in total. The number of furan rings is 4. The summed E-state index contributed by atoms with van der Waals surface area (Å²) >= 11 is 0. The normalized spacial score (nSPS) is 12.0. The molecular weight excluding hydrogens is 1360 g/mol. The highest BCUT2D eigenvalue weighted by molar-refractivity contribution is 6.12. The summed E-state index contributed by atoms with van der Waals surface area (Å²) in [4.78, 5) is 18.6. The van der Waals surface area contributed by atoms with E-state index in [9.17, 15) is 0 Å². The Hall–Kier alpha value is -12.6. The third kappa shape index (κ3) is 11.4. The van der Waals surface area contributed by atoms with E-state index < -0.39 is 0 Å². The van der Waals surface area contributed by atoms with Crippen LogP contribution >= 0.6 is 0 Å². The molecule has 12 heterocycles. The number of pyridine rings is 4. The monoisotopic (exact) mass is 1450 g/mol. The van der Waals surface area contributed by atoms with Crippen molar-refractivity contribution in [2.75, 3.05) is 0 Å². The first-order valence-electron chi connectivity index (χ1n) is 38.1. The number of para-hydroxylation sites is 8. The minimum atomic E-state index is 0.322. The number of aromatic nitrogens is 12. The van der Waals surface area contributed by atoms with E-state index in [1.54, 1.807) is 6.20 Å². The van der Waals surface area contributed by atoms with Gasteiger partial charge in [-0.15, -0.1) is 0 Å². The number of rotatable bonds is 8. The molecule has 0 N–H and O–H groups in total. The van der Waals surface area contributed by atoms with E-state index in [0.717, 1.165) is 146 Å². The fraction of sp³-hybridized carbons (Fsp3) is 0.234. The highest BCUT2D eigenvalue weighted by Crippen LogP contribution is 2.43. The van der Waals surface area contributed by atoms with Crippen molar-refractivity contribution in [3.8, 4) is 45.6 Å². The van der Waals surface area contributed by atoms with Crippen LogP contribution in [0.3, 0.4) is 0 Å². The zero-order chi connectivity index (χ0) is 76.6. The van der Waals surface area contributed by atoms with Gasteiger partial charge >= 0.3 is 0 Å². The van der Waals surface area contributed by atoms with Crippen LogP contribution in [0.5, 0.6) is 0 Å². The number of hydrogen-bond donors (Lipinski definition) is 0. The van der Waals surface area contributed by atoms with Crippen LogP contribution in [0.2, 0.25) is 0 Å². The molecule has 0 aliphatic rings. The molecule has 16 heteroatoms. The second-order valence-electron chi connectivity index (χ2n) is 30.7. The summed E-state index contributed by atoms with van der Waals surface area (Å²) in [5.74, 6) is 5.49. The summed E-state index contributed by atoms with van der Waals surface area (Å²) in [5.41, 5.74) is 28.5. The van der Waals surface area contributed by atoms with Crippen molar-refractivity contribution in [2.45, 2.75) is 94.5 Å². The first kappa shape index (κ1) is 70.4. The summed E-state index contributed by atoms with van der Waals surface area (Å²) in [5, 5.41) is 8.73. The number of hydrogen-bond acceptors (Lipinski definition) is 8. The van der Waals surface area contributed by atoms with Gasteiger partial charge in [0.05, 0.1) is 55.4 Å². The summed E-state index contributed by atoms with van der Waals surface area (Å²) in [6.45, 7) is 23.8. The lowest BCUT2D eigenvalue weighted by atomic mass is 10.0. The SMILES string of the molecule is Cc1ccc2c(n1)oc1c(-c3n(C)c4ccccc4[n+]3C)c(C)ccc12.Cc1ccc2c(oc3nc(C(C)C)ccc32)c1-c1n(C)c2ccccc2[n+]1C.Cc1ccc2c(oc3nc(CC(C)C)ccc32)c1-c1n(C)c2ccccc2[n+]1C.Cc1ccc2c(oc3ncccc32)c1-c1n(C(C)C)c2ccccc2[n+]1C. The van der Waals surface area contributed by atoms with Gasteiger partial charge in [0, 0.05) is 66.4 Å². The highest BCUT2D eigenvalue weighted by atomic mass is 16.4. The molecule has 0 fully saturated rings. The Labute approximate surface area is 638 Å². The van der Waals surface area contributed by atoms with Gasteiger partial charge in [-0.3, -0.25) is 0 Å². The van der Waals surface area contributed by atoms with E-state index in [1.165, 1.54) is 66.4 Å². The van der Waals surface area contributed by atoms with Gasteiger partial charge in [-0.1, -0.05) is 125 Å². The number of fused-ring (bicyclic) bond motifs is 16. The Morgan fingerprint density at radius 3 is 1.10 bits per heavy atom. The van der Waals surface area contributed by atoms with E-state index in [2.05, 4.69) is 347 Å². The molecule has 0 amide bonds. The molecule has 0 bridgehead atoms. The Bertz CT molecular complexity index is 6980. The van der Waals surface area contributed by atoms with Crippen LogP contribution in [0.15, 0.2) is 218 Å². The Kier molecular flexibility index (Phi) is 17.5. The third-order valence-electron chi connectivity index (χ3n) is 22.4. The lowest BCUT2D eigenvalue weighted by Gasteiger charge is -2.09. The van der Waals surface area contributed by atoms with Gasteiger partial charge in [-0.25, -0.2) is 56.5 Å². The van der Waals surface area contributed by atoms with Crippen LogP contribution in [0, 0.1) is 40.5 Å². The van der Waals surface area contributed by atoms with Gasteiger partial charge in [-0.2, -0.15) is 0 Å². The molecule has 0 aliphatic heterocycles. The molecule has 0 saturated heterocycles. The van der Waals surface area contributed by atoms with Crippen LogP contribution in [-0.4, -0.2) is 38.2 Å². The van der Waals surface area contributed by atoms with Crippen molar-refractivity contribution in [1.82, 2.24) is 38.2 Å². The van der Waals surface area contributed by atoms with E-state index >= 15 is 0 Å². The van der Waals surface area contributed by atoms with Crippen LogP contribution in [0.25, 0.3) is 178 Å². The van der Waals surface area contributed by atoms with Crippen molar-refractivity contribution in [3.63, 3.8) is 0 Å². The first-order valence-corrected chi connectivity index (χ1v) is 38.1. The van der Waals surface area contributed by atoms with Gasteiger partial charge in [0.2, 0.25) is 22.9 Å². The fourth-order valence-corrected chi connectivity index (χ4v) is 17.0. The number of nitrogens with zero attached hydrogens (tertiary/aromatic N) is 12. The molecule has 12 aromatic heterocycles. The van der Waals surface area contributed by atoms with Gasteiger partial charge < -0.3 is 17.7 Å². The van der Waals surface area contributed by atoms with Gasteiger partial charge in [0.1, 0.15) is 22.3 Å². The average molecular weight is 1450 g/mol. The van der Waals surface area contributed by atoms with Crippen molar-refractivity contribution in [1.29, 1.82) is 0 Å². The van der Waals surface area contributed by atoms with Gasteiger partial charge in [-0.05, 0) is 186 Å². The van der Waals surface area contributed by atoms with E-state index in [1.807, 2.05) is 19.1 Å². The van der Waals surface area contributed by atoms with Crippen LogP contribution in [0.4, 0.5) is 0 Å². The van der Waals surface area contributed by atoms with Crippen molar-refractivity contribution in [2.24, 2.45) is 55.3 Å². The predicted molar refractivity (Wildman–Crippen MR) is 444 cm³/mol. The topological polar surface area (TPSA) is 139 Å². The molecule has 110 heavy (non-hydrogen) atoms. The quantitative estimate of drug-likeness (QED) is 0.137. The van der Waals surface area contributed by atoms with Crippen molar-refractivity contribution in [3.05, 3.63) is 240 Å². The maximum atomic E-state index is 6.41. The molecule has 8 aromatic carbocycles. The minimum absolute atomic E-state index is 0.322. The molecule has 0 radical (unpaired) electrons. The maximum absolute atomic E-state index is 6.41. The molecule has 0 atom stereocenters. The smallest absolute Gasteiger partial charge is 0.293 e. The molecule has 548 valence electrons. The highest BCUT2D eigenvalue weighted by Gasteiger charge is 2.34. The standard InChI is InChI=1S/C25H26N3O.C24H24N3O.C23H22N3O.C22H20N3O/c1-15(2)14-17-11-13-19-18-12-10-16(3)22(23(18)29-24(19)26-17)25-27(4)20-8-6-7-9-21(20)28(25)5;1-14(2)18-13-12-17-16-11-10-15(3)21(22(16)28-23(17)25-18)24-26(4)19-8-6-7-9-20(19)27(24)5;1-14(2)26-19-10-6-5-9-18(19)25(4)23(26)20-15(3)11-12-16-17-8-7-13-24-22(17)27-21(16)20;1-13-9-11-15-16-12-10-14(2)23-21(16)26-20(15)19(13)22-24(3)17-7-5-6-8-18(17)25(22)4/h6-13,15H,14H2,1-5H3;6-14H,1-5H3;5-14H,1-4H3;5-12H,1-4H3/q4*+1. The van der Waals surface area contributed by atoms with Crippen LogP contribution in [-0.2, 0) is 55.8 Å². The average Bonchev–Trinajstić information content (AvgIpc) is 1.59. The molecule has 0 aliphatic carbocycles. The molecule has 0 saturated carbocycles. The summed E-state index contributed by atoms with van der Waals surface area (Å²) in [6.07, 6.45) is 2.74. The Morgan fingerprint density at radius 1 is 0.336 bits per heavy atom. The first-order chi connectivity index (χ1) is 53.1. The van der Waals surface area contributed by atoms with Gasteiger partial charge in [0.25, 0.3) is 23.3 Å². The lowest BCUT2D eigenvalue weighted by Crippen LogP contribution is -2.30. The second-order valence-corrected chi connectivity index (χ2v) is 30.7. The van der Waals surface area contributed by atoms with E-state index in [0.29, 0.717) is 29.3 Å². The van der Waals surface area contributed by atoms with E-state index in [-0.39, 0.29) is 0 Å². The van der Waals surface area contributed by atoms with Gasteiger partial charge in [0.15, 0.2) is 66.5 Å². The largest absolute Gasteiger partial charge is 0.437 e. The molecule has 0 unspecified atom stereocenters. The number of imidazole rings is 4. The zero-order valence-electron chi connectivity index (χ0n) is 66.0. The predicted octanol–water partition coefficient (Wildman–Crippen LogP) is 20.8. The summed E-state index contributed by atoms with van der Waals surface area (Å²) in [7, 11) is 14.8. The Balaban J connectivity index is 0.000000107. The summed E-state index contributed by atoms with van der Waals surface area (Å²) in [6, 6.07) is 68.3. The van der Waals surface area contributed by atoms with Crippen LogP contribution in [0.1, 0.15) is 92.8 Å². The molecule has 20 rings (SSSR count). The number of benzene rings is 8. The van der Waals surface area contributed by atoms with E-state index in [4.69, 9.17) is 27.6 Å². The maximum Gasteiger partial charge on any atom is 0.293 e.